The molecule has 7 N–H and O–H groups in total. The molecule has 21 heavy (non-hydrogen) atoms. The fourth-order valence-electron chi connectivity index (χ4n) is 2.77. The first-order chi connectivity index (χ1) is 9.86. The van der Waals surface area contributed by atoms with E-state index >= 15 is 0 Å². The van der Waals surface area contributed by atoms with E-state index in [2.05, 4.69) is 5.32 Å². The molecule has 0 amide bonds. The fourth-order valence-corrected chi connectivity index (χ4v) is 2.77. The highest BCUT2D eigenvalue weighted by Gasteiger charge is 2.42. The van der Waals surface area contributed by atoms with Crippen LogP contribution < -0.4 is 5.32 Å². The molecule has 0 unspecified atom stereocenters. The van der Waals surface area contributed by atoms with Crippen LogP contribution in [0.3, 0.4) is 0 Å². The van der Waals surface area contributed by atoms with Crippen molar-refractivity contribution in [1.29, 1.82) is 0 Å². The summed E-state index contributed by atoms with van der Waals surface area (Å²) in [6.07, 6.45) is -5.22. The highest BCUT2D eigenvalue weighted by atomic mass is 16.5. The largest absolute Gasteiger partial charge is 0.392 e. The van der Waals surface area contributed by atoms with Crippen molar-refractivity contribution in [3.05, 3.63) is 11.6 Å². The highest BCUT2D eigenvalue weighted by Crippen LogP contribution is 2.23. The van der Waals surface area contributed by atoms with Crippen LogP contribution in [-0.4, -0.2) is 92.6 Å². The Labute approximate surface area is 122 Å². The van der Waals surface area contributed by atoms with E-state index in [1.807, 2.05) is 0 Å². The third-order valence-corrected chi connectivity index (χ3v) is 4.18. The van der Waals surface area contributed by atoms with Gasteiger partial charge in [0.05, 0.1) is 37.5 Å². The van der Waals surface area contributed by atoms with Gasteiger partial charge in [-0.3, -0.25) is 0 Å². The normalized spacial score (nSPS) is 48.0. The minimum absolute atomic E-state index is 0.0206. The van der Waals surface area contributed by atoms with E-state index in [-0.39, 0.29) is 12.2 Å². The summed E-state index contributed by atoms with van der Waals surface area (Å²) in [5.74, 6) is 0. The number of ether oxygens (including phenoxy) is 1. The summed E-state index contributed by atoms with van der Waals surface area (Å²) >= 11 is 0. The maximum absolute atomic E-state index is 10.0. The minimum Gasteiger partial charge on any atom is -0.392 e. The number of aliphatic hydroxyl groups is 6. The van der Waals surface area contributed by atoms with Gasteiger partial charge in [-0.1, -0.05) is 6.08 Å². The van der Waals surface area contributed by atoms with E-state index in [4.69, 9.17) is 4.74 Å². The number of rotatable bonds is 3. The molecule has 1 heterocycles. The molecule has 0 radical (unpaired) electrons. The summed E-state index contributed by atoms with van der Waals surface area (Å²) < 4.78 is 5.31. The van der Waals surface area contributed by atoms with Gasteiger partial charge >= 0.3 is 0 Å². The van der Waals surface area contributed by atoms with Crippen molar-refractivity contribution in [2.24, 2.45) is 0 Å². The van der Waals surface area contributed by atoms with Crippen LogP contribution in [0.5, 0.6) is 0 Å². The Hall–Kier alpha value is -0.580. The van der Waals surface area contributed by atoms with Crippen molar-refractivity contribution >= 4 is 0 Å². The first-order valence-electron chi connectivity index (χ1n) is 6.96. The molecule has 1 fully saturated rings. The van der Waals surface area contributed by atoms with Crippen LogP contribution in [0.4, 0.5) is 0 Å². The first kappa shape index (κ1) is 16.8. The summed E-state index contributed by atoms with van der Waals surface area (Å²) in [5, 5.41) is 61.2. The maximum Gasteiger partial charge on any atom is 0.111 e. The molecule has 2 aliphatic rings. The van der Waals surface area contributed by atoms with Gasteiger partial charge in [-0.15, -0.1) is 0 Å². The Bertz CT molecular complexity index is 391. The summed E-state index contributed by atoms with van der Waals surface area (Å²) in [6, 6.07) is -1.45. The second kappa shape index (κ2) is 6.67. The second-order valence-corrected chi connectivity index (χ2v) is 5.64. The molecule has 1 saturated heterocycles. The van der Waals surface area contributed by atoms with Crippen LogP contribution in [0.1, 0.15) is 6.92 Å². The smallest absolute Gasteiger partial charge is 0.111 e. The Morgan fingerprint density at radius 2 is 1.81 bits per heavy atom. The van der Waals surface area contributed by atoms with Crippen LogP contribution in [0.15, 0.2) is 11.6 Å². The third kappa shape index (κ3) is 3.27. The number of nitrogens with one attached hydrogen (secondary N) is 1. The summed E-state index contributed by atoms with van der Waals surface area (Å²) in [7, 11) is 0. The van der Waals surface area contributed by atoms with E-state index in [0.29, 0.717) is 0 Å². The van der Waals surface area contributed by atoms with Gasteiger partial charge in [0.15, 0.2) is 0 Å². The summed E-state index contributed by atoms with van der Waals surface area (Å²) in [4.78, 5) is 0. The molecule has 8 heteroatoms. The quantitative estimate of drug-likeness (QED) is 0.266. The zero-order chi connectivity index (χ0) is 15.7. The first-order valence-corrected chi connectivity index (χ1v) is 6.96. The van der Waals surface area contributed by atoms with Gasteiger partial charge in [0, 0.05) is 0 Å². The zero-order valence-corrected chi connectivity index (χ0v) is 11.7. The molecular weight excluding hydrogens is 282 g/mol. The number of hydrogen-bond donors (Lipinski definition) is 7. The lowest BCUT2D eigenvalue weighted by molar-refractivity contribution is -0.141. The average molecular weight is 305 g/mol. The summed E-state index contributed by atoms with van der Waals surface area (Å²) in [5.41, 5.74) is 0.185. The molecule has 1 aliphatic carbocycles. The van der Waals surface area contributed by atoms with E-state index in [0.717, 1.165) is 0 Å². The Balaban J connectivity index is 2.15. The van der Waals surface area contributed by atoms with Crippen LogP contribution in [0, 0.1) is 0 Å². The molecule has 0 bridgehead atoms. The van der Waals surface area contributed by atoms with Crippen molar-refractivity contribution in [3.63, 3.8) is 0 Å². The standard InChI is InChI=1S/C13H23NO7/c1-5-9(12(19)8(16)4-21-5)14-7-2-6(3-15)10(17)13(20)11(7)18/h2,5,7-20H,3-4H2,1H3/t5-,7-,8+,9+,10-,11-,12-,13+/m1/s1. The highest BCUT2D eigenvalue weighted by molar-refractivity contribution is 5.22. The Kier molecular flexibility index (Phi) is 5.33. The van der Waals surface area contributed by atoms with Crippen molar-refractivity contribution in [2.75, 3.05) is 13.2 Å². The molecule has 1 aliphatic heterocycles. The molecule has 8 nitrogen and oxygen atoms in total. The molecule has 8 atom stereocenters. The summed E-state index contributed by atoms with van der Waals surface area (Å²) in [6.45, 7) is 1.28. The van der Waals surface area contributed by atoms with Gasteiger partial charge in [0.2, 0.25) is 0 Å². The van der Waals surface area contributed by atoms with Gasteiger partial charge in [0.1, 0.15) is 24.4 Å². The van der Waals surface area contributed by atoms with Crippen molar-refractivity contribution in [2.45, 2.75) is 55.6 Å². The van der Waals surface area contributed by atoms with Crippen LogP contribution in [0.2, 0.25) is 0 Å². The molecule has 122 valence electrons. The van der Waals surface area contributed by atoms with Crippen LogP contribution in [-0.2, 0) is 4.74 Å². The minimum atomic E-state index is -1.45. The Morgan fingerprint density at radius 1 is 1.14 bits per heavy atom. The third-order valence-electron chi connectivity index (χ3n) is 4.18. The topological polar surface area (TPSA) is 143 Å². The number of aliphatic hydroxyl groups excluding tert-OH is 6. The molecule has 0 aromatic rings. The second-order valence-electron chi connectivity index (χ2n) is 5.64. The van der Waals surface area contributed by atoms with Crippen molar-refractivity contribution < 1.29 is 35.4 Å². The predicted octanol–water partition coefficient (Wildman–Crippen LogP) is -3.53. The SMILES string of the molecule is C[C@H]1OC[C@H](O)[C@@H](O)[C@H]1N[C@@H]1C=C(CO)[C@@H](O)[C@H](O)[C@@H]1O. The fraction of sp³-hybridized carbons (Fsp3) is 0.846. The molecule has 2 rings (SSSR count). The lowest BCUT2D eigenvalue weighted by atomic mass is 9.86. The van der Waals surface area contributed by atoms with E-state index in [9.17, 15) is 30.6 Å². The van der Waals surface area contributed by atoms with Crippen LogP contribution in [0.25, 0.3) is 0 Å². The van der Waals surface area contributed by atoms with Gasteiger partial charge in [-0.25, -0.2) is 0 Å². The lowest BCUT2D eigenvalue weighted by Crippen LogP contribution is -2.64. The number of hydrogen-bond acceptors (Lipinski definition) is 8. The van der Waals surface area contributed by atoms with E-state index in [1.165, 1.54) is 6.08 Å². The predicted molar refractivity (Wildman–Crippen MR) is 71.3 cm³/mol. The van der Waals surface area contributed by atoms with E-state index < -0.39 is 55.3 Å². The molecule has 0 spiro atoms. The zero-order valence-electron chi connectivity index (χ0n) is 11.7. The van der Waals surface area contributed by atoms with E-state index in [1.54, 1.807) is 6.92 Å². The maximum atomic E-state index is 10.0. The van der Waals surface area contributed by atoms with Crippen molar-refractivity contribution in [1.82, 2.24) is 5.32 Å². The lowest BCUT2D eigenvalue weighted by Gasteiger charge is -2.42. The molecule has 0 aromatic carbocycles. The van der Waals surface area contributed by atoms with Crippen LogP contribution >= 0.6 is 0 Å². The van der Waals surface area contributed by atoms with Gasteiger partial charge in [-0.05, 0) is 12.5 Å². The molecule has 0 saturated carbocycles. The Morgan fingerprint density at radius 3 is 2.43 bits per heavy atom. The van der Waals surface area contributed by atoms with Gasteiger partial charge < -0.3 is 40.7 Å². The van der Waals surface area contributed by atoms with Gasteiger partial charge in [0.25, 0.3) is 0 Å². The monoisotopic (exact) mass is 305 g/mol. The van der Waals surface area contributed by atoms with Crippen molar-refractivity contribution in [3.8, 4) is 0 Å². The van der Waals surface area contributed by atoms with Gasteiger partial charge in [-0.2, -0.15) is 0 Å². The average Bonchev–Trinajstić information content (AvgIpc) is 2.47. The molecule has 0 aromatic heterocycles. The molecular formula is C13H23NO7.